The van der Waals surface area contributed by atoms with Crippen LogP contribution in [0.5, 0.6) is 0 Å². The van der Waals surface area contributed by atoms with Crippen molar-refractivity contribution in [2.75, 3.05) is 6.54 Å². The van der Waals surface area contributed by atoms with E-state index < -0.39 is 0 Å². The molecular weight excluding hydrogens is 213 g/mol. The molecule has 1 nitrogen and oxygen atoms in total. The molecule has 1 N–H and O–H groups in total. The fraction of sp³-hybridized carbons (Fsp3) is 0.467. The molecule has 0 aliphatic carbocycles. The van der Waals surface area contributed by atoms with Crippen molar-refractivity contribution in [3.05, 3.63) is 34.1 Å². The zero-order valence-corrected chi connectivity index (χ0v) is 10.7. The van der Waals surface area contributed by atoms with Crippen molar-refractivity contribution < 1.29 is 4.39 Å². The van der Waals surface area contributed by atoms with Crippen LogP contribution in [-0.4, -0.2) is 6.54 Å². The number of fused-ring (bicyclic) bond motifs is 1. The lowest BCUT2D eigenvalue weighted by Crippen LogP contribution is -2.29. The molecule has 17 heavy (non-hydrogen) atoms. The average molecular weight is 231 g/mol. The van der Waals surface area contributed by atoms with Crippen LogP contribution in [0.3, 0.4) is 0 Å². The highest BCUT2D eigenvalue weighted by molar-refractivity contribution is 5.49. The first-order valence-corrected chi connectivity index (χ1v) is 5.97. The molecule has 2 heteroatoms. The maximum atomic E-state index is 14.2. The quantitative estimate of drug-likeness (QED) is 0.677. The largest absolute Gasteiger partial charge is 0.312 e. The summed E-state index contributed by atoms with van der Waals surface area (Å²) in [6.07, 6.45) is 6.11. The molecule has 0 unspecified atom stereocenters. The Morgan fingerprint density at radius 1 is 1.35 bits per heavy atom. The molecule has 2 rings (SSSR count). The third kappa shape index (κ3) is 2.08. The maximum absolute atomic E-state index is 14.2. The Hall–Kier alpha value is -1.33. The van der Waals surface area contributed by atoms with E-state index in [4.69, 9.17) is 6.42 Å². The predicted molar refractivity (Wildman–Crippen MR) is 68.4 cm³/mol. The van der Waals surface area contributed by atoms with Crippen LogP contribution in [0.4, 0.5) is 4.39 Å². The predicted octanol–water partition coefficient (Wildman–Crippen LogP) is 2.75. The molecule has 90 valence electrons. The average Bonchev–Trinajstić information content (AvgIpc) is 2.28. The van der Waals surface area contributed by atoms with Crippen LogP contribution < -0.4 is 5.32 Å². The van der Waals surface area contributed by atoms with Crippen molar-refractivity contribution in [1.82, 2.24) is 5.32 Å². The van der Waals surface area contributed by atoms with Crippen LogP contribution in [0.25, 0.3) is 0 Å². The number of benzene rings is 1. The molecule has 0 fully saturated rings. The number of nitrogens with one attached hydrogen (secondary N) is 1. The van der Waals surface area contributed by atoms with E-state index in [2.05, 4.69) is 32.0 Å². The summed E-state index contributed by atoms with van der Waals surface area (Å²) < 4.78 is 14.2. The summed E-state index contributed by atoms with van der Waals surface area (Å²) in [7, 11) is 0. The van der Waals surface area contributed by atoms with Crippen LogP contribution in [0.1, 0.15) is 43.0 Å². The fourth-order valence-corrected chi connectivity index (χ4v) is 2.42. The van der Waals surface area contributed by atoms with Gasteiger partial charge < -0.3 is 5.32 Å². The second kappa shape index (κ2) is 4.16. The highest BCUT2D eigenvalue weighted by atomic mass is 19.1. The Bertz CT molecular complexity index is 489. The molecule has 0 amide bonds. The van der Waals surface area contributed by atoms with Gasteiger partial charge in [0.15, 0.2) is 0 Å². The van der Waals surface area contributed by atoms with Gasteiger partial charge in [-0.25, -0.2) is 4.39 Å². The molecule has 0 radical (unpaired) electrons. The van der Waals surface area contributed by atoms with Crippen molar-refractivity contribution in [3.63, 3.8) is 0 Å². The van der Waals surface area contributed by atoms with E-state index >= 15 is 0 Å². The van der Waals surface area contributed by atoms with E-state index in [1.54, 1.807) is 0 Å². The number of halogens is 1. The second-order valence-corrected chi connectivity index (χ2v) is 5.56. The highest BCUT2D eigenvalue weighted by Crippen LogP contribution is 2.32. The summed E-state index contributed by atoms with van der Waals surface area (Å²) in [5, 5.41) is 3.30. The van der Waals surface area contributed by atoms with Crippen molar-refractivity contribution in [2.24, 2.45) is 0 Å². The maximum Gasteiger partial charge on any atom is 0.142 e. The molecule has 0 spiro atoms. The van der Waals surface area contributed by atoms with E-state index in [9.17, 15) is 4.39 Å². The molecule has 1 heterocycles. The second-order valence-electron chi connectivity index (χ2n) is 5.56. The van der Waals surface area contributed by atoms with Crippen LogP contribution >= 0.6 is 0 Å². The lowest BCUT2D eigenvalue weighted by atomic mass is 9.79. The van der Waals surface area contributed by atoms with Gasteiger partial charge >= 0.3 is 0 Å². The van der Waals surface area contributed by atoms with Crippen molar-refractivity contribution in [1.29, 1.82) is 0 Å². The smallest absolute Gasteiger partial charge is 0.142 e. The summed E-state index contributed by atoms with van der Waals surface area (Å²) in [5.74, 6) is 2.27. The number of hydrogen-bond donors (Lipinski definition) is 1. The minimum atomic E-state index is -0.197. The van der Waals surface area contributed by atoms with Crippen molar-refractivity contribution in [3.8, 4) is 12.3 Å². The van der Waals surface area contributed by atoms with Gasteiger partial charge in [-0.2, -0.15) is 0 Å². The summed E-state index contributed by atoms with van der Waals surface area (Å²) in [6.45, 7) is 7.96. The minimum Gasteiger partial charge on any atom is -0.312 e. The van der Waals surface area contributed by atoms with Crippen LogP contribution in [0, 0.1) is 18.2 Å². The van der Waals surface area contributed by atoms with Crippen molar-refractivity contribution >= 4 is 0 Å². The normalized spacial score (nSPS) is 15.2. The molecule has 0 aromatic heterocycles. The van der Waals surface area contributed by atoms with Gasteiger partial charge in [0.2, 0.25) is 0 Å². The third-order valence-corrected chi connectivity index (χ3v) is 3.30. The zero-order chi connectivity index (χ0) is 12.6. The van der Waals surface area contributed by atoms with E-state index in [1.807, 2.05) is 6.07 Å². The summed E-state index contributed by atoms with van der Waals surface area (Å²) >= 11 is 0. The molecular formula is C15H18FN. The van der Waals surface area contributed by atoms with Crippen molar-refractivity contribution in [2.45, 2.75) is 39.2 Å². The molecule has 1 aliphatic rings. The van der Waals surface area contributed by atoms with Gasteiger partial charge in [-0.3, -0.25) is 0 Å². The van der Waals surface area contributed by atoms with E-state index in [1.165, 1.54) is 0 Å². The third-order valence-electron chi connectivity index (χ3n) is 3.30. The van der Waals surface area contributed by atoms with Crippen LogP contribution in [0.2, 0.25) is 0 Å². The molecule has 0 saturated heterocycles. The molecule has 0 atom stereocenters. The first-order chi connectivity index (χ1) is 7.95. The highest BCUT2D eigenvalue weighted by Gasteiger charge is 2.25. The van der Waals surface area contributed by atoms with E-state index in [0.29, 0.717) is 5.56 Å². The molecule has 1 aromatic rings. The fourth-order valence-electron chi connectivity index (χ4n) is 2.42. The molecule has 1 aliphatic heterocycles. The Labute approximate surface area is 102 Å². The lowest BCUT2D eigenvalue weighted by Gasteiger charge is -2.29. The number of rotatable bonds is 0. The Morgan fingerprint density at radius 2 is 2.06 bits per heavy atom. The summed E-state index contributed by atoms with van der Waals surface area (Å²) in [6, 6.07) is 1.83. The Kier molecular flexibility index (Phi) is 2.97. The topological polar surface area (TPSA) is 12.0 Å². The zero-order valence-electron chi connectivity index (χ0n) is 10.7. The van der Waals surface area contributed by atoms with Gasteiger partial charge in [0.1, 0.15) is 5.82 Å². The minimum absolute atomic E-state index is 0.0115. The lowest BCUT2D eigenvalue weighted by molar-refractivity contribution is 0.532. The number of hydrogen-bond acceptors (Lipinski definition) is 1. The first-order valence-electron chi connectivity index (χ1n) is 5.97. The van der Waals surface area contributed by atoms with Gasteiger partial charge in [-0.15, -0.1) is 6.42 Å². The standard InChI is InChI=1S/C15H18FN/c1-5-10-8-13(15(2,3)4)12-9-17-7-6-11(12)14(10)16/h1,8,17H,6-7,9H2,2-4H3. The Balaban J connectivity index is 2.72. The first kappa shape index (κ1) is 12.1. The Morgan fingerprint density at radius 3 is 2.65 bits per heavy atom. The van der Waals surface area contributed by atoms with E-state index in [0.717, 1.165) is 36.2 Å². The molecule has 1 aromatic carbocycles. The van der Waals surface area contributed by atoms with Gasteiger partial charge in [-0.05, 0) is 41.1 Å². The van der Waals surface area contributed by atoms with Gasteiger partial charge in [0, 0.05) is 6.54 Å². The SMILES string of the molecule is C#Cc1cc(C(C)(C)C)c2c(c1F)CCNC2. The summed E-state index contributed by atoms with van der Waals surface area (Å²) in [5.41, 5.74) is 3.46. The van der Waals surface area contributed by atoms with Gasteiger partial charge in [0.05, 0.1) is 5.56 Å². The van der Waals surface area contributed by atoms with Gasteiger partial charge in [0.25, 0.3) is 0 Å². The molecule has 0 bridgehead atoms. The summed E-state index contributed by atoms with van der Waals surface area (Å²) in [4.78, 5) is 0. The van der Waals surface area contributed by atoms with Gasteiger partial charge in [-0.1, -0.05) is 26.7 Å². The van der Waals surface area contributed by atoms with Crippen LogP contribution in [0.15, 0.2) is 6.07 Å². The monoisotopic (exact) mass is 231 g/mol. The number of terminal acetylenes is 1. The molecule has 0 saturated carbocycles. The van der Waals surface area contributed by atoms with Crippen LogP contribution in [-0.2, 0) is 18.4 Å². The van der Waals surface area contributed by atoms with E-state index in [-0.39, 0.29) is 11.2 Å².